The van der Waals surface area contributed by atoms with Crippen LogP contribution in [0.3, 0.4) is 0 Å². The van der Waals surface area contributed by atoms with Crippen LogP contribution >= 0.6 is 12.0 Å². The molecule has 14 heavy (non-hydrogen) atoms. The third kappa shape index (κ3) is 3.78. The summed E-state index contributed by atoms with van der Waals surface area (Å²) in [4.78, 5) is 0. The van der Waals surface area contributed by atoms with Crippen LogP contribution in [-0.4, -0.2) is 12.6 Å². The Labute approximate surface area is 83.2 Å². The largest absolute Gasteiger partial charge is 0.573 e. The molecule has 0 aliphatic heterocycles. The van der Waals surface area contributed by atoms with E-state index in [0.29, 0.717) is 5.75 Å². The van der Waals surface area contributed by atoms with Crippen molar-refractivity contribution in [1.82, 2.24) is 0 Å². The molecule has 78 valence electrons. The molecule has 1 aromatic carbocycles. The Kier molecular flexibility index (Phi) is 3.51. The zero-order valence-electron chi connectivity index (χ0n) is 7.17. The minimum absolute atomic E-state index is 0.258. The van der Waals surface area contributed by atoms with Crippen molar-refractivity contribution in [2.24, 2.45) is 0 Å². The first-order valence-corrected chi connectivity index (χ1v) is 4.73. The summed E-state index contributed by atoms with van der Waals surface area (Å²) in [6, 6.07) is 5.19. The summed E-state index contributed by atoms with van der Waals surface area (Å²) < 4.78 is 43.8. The molecule has 0 aliphatic rings. The Bertz CT molecular complexity index is 284. The van der Waals surface area contributed by atoms with E-state index < -0.39 is 6.36 Å². The van der Waals surface area contributed by atoms with E-state index in [4.69, 9.17) is 4.18 Å². The second-order valence-corrected chi connectivity index (χ2v) is 2.77. The summed E-state index contributed by atoms with van der Waals surface area (Å²) in [6.45, 7) is 0. The number of benzene rings is 1. The molecule has 0 fully saturated rings. The SMILES string of the molecule is CSOc1ccc(OC(F)(F)F)cc1. The fourth-order valence-electron chi connectivity index (χ4n) is 0.793. The minimum Gasteiger partial charge on any atom is -0.426 e. The smallest absolute Gasteiger partial charge is 0.426 e. The zero-order valence-corrected chi connectivity index (χ0v) is 7.98. The molecular formula is C8H7F3O2S. The molecule has 2 nitrogen and oxygen atoms in total. The van der Waals surface area contributed by atoms with Gasteiger partial charge in [0.2, 0.25) is 0 Å². The van der Waals surface area contributed by atoms with Gasteiger partial charge in [-0.1, -0.05) is 0 Å². The maximum Gasteiger partial charge on any atom is 0.573 e. The van der Waals surface area contributed by atoms with Crippen LogP contribution in [0.1, 0.15) is 0 Å². The number of rotatable bonds is 3. The Morgan fingerprint density at radius 2 is 1.57 bits per heavy atom. The molecule has 0 atom stereocenters. The predicted molar refractivity (Wildman–Crippen MR) is 47.3 cm³/mol. The first kappa shape index (κ1) is 11.0. The van der Waals surface area contributed by atoms with Crippen molar-refractivity contribution in [2.75, 3.05) is 6.26 Å². The van der Waals surface area contributed by atoms with Crippen molar-refractivity contribution in [3.05, 3.63) is 24.3 Å². The number of hydrogen-bond donors (Lipinski definition) is 0. The van der Waals surface area contributed by atoms with Crippen LogP contribution < -0.4 is 8.92 Å². The maximum atomic E-state index is 11.7. The topological polar surface area (TPSA) is 18.5 Å². The highest BCUT2D eigenvalue weighted by Crippen LogP contribution is 2.25. The number of hydrogen-bond acceptors (Lipinski definition) is 3. The van der Waals surface area contributed by atoms with E-state index in [9.17, 15) is 13.2 Å². The molecule has 6 heteroatoms. The predicted octanol–water partition coefficient (Wildman–Crippen LogP) is 3.24. The molecule has 0 unspecified atom stereocenters. The molecule has 0 saturated carbocycles. The first-order valence-electron chi connectivity index (χ1n) is 3.58. The molecule has 0 aromatic heterocycles. The van der Waals surface area contributed by atoms with Gasteiger partial charge in [-0.05, 0) is 24.3 Å². The van der Waals surface area contributed by atoms with Gasteiger partial charge in [0.25, 0.3) is 0 Å². The van der Waals surface area contributed by atoms with Crippen LogP contribution in [0, 0.1) is 0 Å². The van der Waals surface area contributed by atoms with Gasteiger partial charge in [0.15, 0.2) is 0 Å². The van der Waals surface area contributed by atoms with Gasteiger partial charge in [-0.15, -0.1) is 13.2 Å². The minimum atomic E-state index is -4.65. The normalized spacial score (nSPS) is 11.1. The highest BCUT2D eigenvalue weighted by molar-refractivity contribution is 7.94. The summed E-state index contributed by atoms with van der Waals surface area (Å²) in [5, 5.41) is 0. The number of alkyl halides is 3. The van der Waals surface area contributed by atoms with Crippen LogP contribution in [0.4, 0.5) is 13.2 Å². The summed E-state index contributed by atoms with van der Waals surface area (Å²) in [5.41, 5.74) is 0. The van der Waals surface area contributed by atoms with Crippen LogP contribution in [0.25, 0.3) is 0 Å². The van der Waals surface area contributed by atoms with E-state index >= 15 is 0 Å². The quantitative estimate of drug-likeness (QED) is 0.734. The lowest BCUT2D eigenvalue weighted by Gasteiger charge is -2.08. The molecule has 0 saturated heterocycles. The average molecular weight is 224 g/mol. The van der Waals surface area contributed by atoms with Crippen LogP contribution in [-0.2, 0) is 0 Å². The van der Waals surface area contributed by atoms with E-state index in [-0.39, 0.29) is 5.75 Å². The van der Waals surface area contributed by atoms with E-state index in [1.807, 2.05) is 0 Å². The Balaban J connectivity index is 2.64. The molecule has 0 radical (unpaired) electrons. The molecule has 0 aliphatic carbocycles. The molecule has 0 bridgehead atoms. The lowest BCUT2D eigenvalue weighted by molar-refractivity contribution is -0.274. The van der Waals surface area contributed by atoms with E-state index in [0.717, 1.165) is 12.0 Å². The van der Waals surface area contributed by atoms with Crippen LogP contribution in [0.5, 0.6) is 11.5 Å². The van der Waals surface area contributed by atoms with Crippen molar-refractivity contribution in [3.8, 4) is 11.5 Å². The summed E-state index contributed by atoms with van der Waals surface area (Å²) in [6.07, 6.45) is -2.94. The maximum absolute atomic E-state index is 11.7. The van der Waals surface area contributed by atoms with Gasteiger partial charge in [-0.3, -0.25) is 0 Å². The summed E-state index contributed by atoms with van der Waals surface area (Å²) in [7, 11) is 0. The van der Waals surface area contributed by atoms with Gasteiger partial charge >= 0.3 is 6.36 Å². The molecule has 1 aromatic rings. The van der Waals surface area contributed by atoms with Crippen molar-refractivity contribution in [2.45, 2.75) is 6.36 Å². The molecular weight excluding hydrogens is 217 g/mol. The van der Waals surface area contributed by atoms with Crippen molar-refractivity contribution in [1.29, 1.82) is 0 Å². The zero-order chi connectivity index (χ0) is 10.6. The van der Waals surface area contributed by atoms with Gasteiger partial charge in [-0.25, -0.2) is 0 Å². The molecule has 0 heterocycles. The average Bonchev–Trinajstić information content (AvgIpc) is 2.06. The fourth-order valence-corrected chi connectivity index (χ4v) is 1.10. The molecule has 0 amide bonds. The third-order valence-electron chi connectivity index (χ3n) is 1.24. The monoisotopic (exact) mass is 224 g/mol. The molecule has 1 rings (SSSR count). The second kappa shape index (κ2) is 4.45. The van der Waals surface area contributed by atoms with Crippen molar-refractivity contribution >= 4 is 12.0 Å². The lowest BCUT2D eigenvalue weighted by Crippen LogP contribution is -2.16. The second-order valence-electron chi connectivity index (χ2n) is 2.27. The summed E-state index contributed by atoms with van der Waals surface area (Å²) >= 11 is 1.11. The van der Waals surface area contributed by atoms with E-state index in [2.05, 4.69) is 4.74 Å². The van der Waals surface area contributed by atoms with E-state index in [1.165, 1.54) is 24.3 Å². The highest BCUT2D eigenvalue weighted by atomic mass is 32.2. The summed E-state index contributed by atoms with van der Waals surface area (Å²) in [5.74, 6) is 0.220. The highest BCUT2D eigenvalue weighted by Gasteiger charge is 2.30. The fraction of sp³-hybridized carbons (Fsp3) is 0.250. The first-order chi connectivity index (χ1) is 6.51. The number of ether oxygens (including phenoxy) is 1. The lowest BCUT2D eigenvalue weighted by atomic mass is 10.3. The van der Waals surface area contributed by atoms with Crippen molar-refractivity contribution < 1.29 is 22.1 Å². The van der Waals surface area contributed by atoms with Crippen molar-refractivity contribution in [3.63, 3.8) is 0 Å². The van der Waals surface area contributed by atoms with Crippen LogP contribution in [0.2, 0.25) is 0 Å². The van der Waals surface area contributed by atoms with Crippen LogP contribution in [0.15, 0.2) is 24.3 Å². The van der Waals surface area contributed by atoms with Gasteiger partial charge in [-0.2, -0.15) is 0 Å². The number of halogens is 3. The van der Waals surface area contributed by atoms with Gasteiger partial charge in [0.1, 0.15) is 11.5 Å². The third-order valence-corrected chi connectivity index (χ3v) is 1.60. The standard InChI is InChI=1S/C8H7F3O2S/c1-14-13-7-4-2-6(3-5-7)12-8(9,10)11/h2-5H,1H3. The molecule has 0 N–H and O–H groups in total. The van der Waals surface area contributed by atoms with Gasteiger partial charge in [0.05, 0.1) is 12.0 Å². The van der Waals surface area contributed by atoms with Gasteiger partial charge < -0.3 is 8.92 Å². The van der Waals surface area contributed by atoms with Gasteiger partial charge in [0, 0.05) is 6.26 Å². The molecule has 0 spiro atoms. The Hall–Kier alpha value is -1.04. The Morgan fingerprint density at radius 1 is 1.07 bits per heavy atom. The van der Waals surface area contributed by atoms with E-state index in [1.54, 1.807) is 6.26 Å². The Morgan fingerprint density at radius 3 is 2.00 bits per heavy atom.